The molecule has 1 aliphatic rings. The van der Waals surface area contributed by atoms with Crippen molar-refractivity contribution in [2.24, 2.45) is 0 Å². The number of ether oxygens (including phenoxy) is 1. The van der Waals surface area contributed by atoms with Crippen LogP contribution in [0.4, 0.5) is 5.69 Å². The van der Waals surface area contributed by atoms with E-state index in [1.54, 1.807) is 41.4 Å². The second kappa shape index (κ2) is 9.65. The van der Waals surface area contributed by atoms with E-state index in [1.807, 2.05) is 11.6 Å². The van der Waals surface area contributed by atoms with E-state index >= 15 is 0 Å². The summed E-state index contributed by atoms with van der Waals surface area (Å²) in [5.74, 6) is 0.740. The van der Waals surface area contributed by atoms with Crippen LogP contribution in [0.15, 0.2) is 35.4 Å². The number of hydrogen-bond donors (Lipinski definition) is 2. The van der Waals surface area contributed by atoms with Crippen molar-refractivity contribution < 1.29 is 14.3 Å². The summed E-state index contributed by atoms with van der Waals surface area (Å²) in [4.78, 5) is 24.5. The molecule has 0 atom stereocenters. The summed E-state index contributed by atoms with van der Waals surface area (Å²) in [6, 6.07) is 6.81. The third-order valence-corrected chi connectivity index (χ3v) is 5.55. The van der Waals surface area contributed by atoms with E-state index in [9.17, 15) is 9.59 Å². The number of thioether (sulfide) groups is 1. The molecule has 154 valence electrons. The molecule has 8 heteroatoms. The van der Waals surface area contributed by atoms with E-state index in [1.165, 1.54) is 5.56 Å². The zero-order valence-corrected chi connectivity index (χ0v) is 17.8. The monoisotopic (exact) mass is 414 g/mol. The molecule has 0 radical (unpaired) electrons. The number of hydrogen-bond acceptors (Lipinski definition) is 5. The van der Waals surface area contributed by atoms with Crippen LogP contribution in [-0.4, -0.2) is 40.5 Å². The molecule has 2 amide bonds. The van der Waals surface area contributed by atoms with Crippen molar-refractivity contribution in [3.05, 3.63) is 57.9 Å². The van der Waals surface area contributed by atoms with Crippen LogP contribution >= 0.6 is 11.8 Å². The minimum Gasteiger partial charge on any atom is -0.487 e. The maximum atomic E-state index is 12.4. The fourth-order valence-corrected chi connectivity index (χ4v) is 3.82. The molecular formula is C21H26N4O3S. The van der Waals surface area contributed by atoms with Crippen molar-refractivity contribution in [2.45, 2.75) is 33.7 Å². The van der Waals surface area contributed by atoms with Crippen LogP contribution in [0.3, 0.4) is 0 Å². The molecule has 7 nitrogen and oxygen atoms in total. The lowest BCUT2D eigenvalue weighted by Gasteiger charge is -2.14. The molecule has 1 aromatic carbocycles. The van der Waals surface area contributed by atoms with E-state index < -0.39 is 0 Å². The van der Waals surface area contributed by atoms with Gasteiger partial charge in [-0.15, -0.1) is 11.8 Å². The molecule has 0 fully saturated rings. The van der Waals surface area contributed by atoms with Gasteiger partial charge in [-0.1, -0.05) is 0 Å². The largest absolute Gasteiger partial charge is 0.487 e. The molecule has 2 aromatic rings. The van der Waals surface area contributed by atoms with Gasteiger partial charge in [-0.05, 0) is 57.0 Å². The molecule has 1 aromatic heterocycles. The van der Waals surface area contributed by atoms with Gasteiger partial charge < -0.3 is 15.4 Å². The SMILES string of the molecule is CCn1nc(C)c(CCNC(=O)c2ccc(NC(=O)C3=CSCCO3)cc2)c1C. The number of nitrogens with zero attached hydrogens (tertiary/aromatic N) is 2. The van der Waals surface area contributed by atoms with Crippen LogP contribution in [0, 0.1) is 13.8 Å². The Morgan fingerprint density at radius 3 is 2.59 bits per heavy atom. The first-order valence-electron chi connectivity index (χ1n) is 9.66. The summed E-state index contributed by atoms with van der Waals surface area (Å²) in [6.07, 6.45) is 0.741. The number of aromatic nitrogens is 2. The van der Waals surface area contributed by atoms with Gasteiger partial charge >= 0.3 is 0 Å². The van der Waals surface area contributed by atoms with Crippen LogP contribution in [0.25, 0.3) is 0 Å². The Kier molecular flexibility index (Phi) is 6.98. The number of nitrogens with one attached hydrogen (secondary N) is 2. The topological polar surface area (TPSA) is 85.3 Å². The molecule has 29 heavy (non-hydrogen) atoms. The van der Waals surface area contributed by atoms with E-state index in [0.29, 0.717) is 30.2 Å². The lowest BCUT2D eigenvalue weighted by Crippen LogP contribution is -2.26. The number of carbonyl (C=O) groups excluding carboxylic acids is 2. The maximum Gasteiger partial charge on any atom is 0.291 e. The van der Waals surface area contributed by atoms with Gasteiger partial charge in [0, 0.05) is 41.2 Å². The normalized spacial score (nSPS) is 13.4. The quantitative estimate of drug-likeness (QED) is 0.727. The van der Waals surface area contributed by atoms with Crippen molar-refractivity contribution in [1.29, 1.82) is 0 Å². The van der Waals surface area contributed by atoms with Gasteiger partial charge in [0.15, 0.2) is 5.76 Å². The molecule has 2 heterocycles. The summed E-state index contributed by atoms with van der Waals surface area (Å²) in [7, 11) is 0. The van der Waals surface area contributed by atoms with Crippen LogP contribution in [0.5, 0.6) is 0 Å². The number of anilines is 1. The molecule has 0 saturated carbocycles. The van der Waals surface area contributed by atoms with Crippen molar-refractivity contribution in [1.82, 2.24) is 15.1 Å². The number of amides is 2. The zero-order valence-electron chi connectivity index (χ0n) is 16.9. The second-order valence-corrected chi connectivity index (χ2v) is 7.68. The molecule has 3 rings (SSSR count). The first kappa shape index (κ1) is 21.0. The molecular weight excluding hydrogens is 388 g/mol. The summed E-state index contributed by atoms with van der Waals surface area (Å²) in [5, 5.41) is 11.9. The Labute approximate surface area is 174 Å². The first-order chi connectivity index (χ1) is 14.0. The lowest BCUT2D eigenvalue weighted by molar-refractivity contribution is -0.116. The second-order valence-electron chi connectivity index (χ2n) is 6.70. The summed E-state index contributed by atoms with van der Waals surface area (Å²) < 4.78 is 7.32. The Bertz CT molecular complexity index is 919. The number of aryl methyl sites for hydroxylation is 2. The minimum absolute atomic E-state index is 0.143. The van der Waals surface area contributed by atoms with E-state index in [4.69, 9.17) is 4.74 Å². The fraction of sp³-hybridized carbons (Fsp3) is 0.381. The lowest BCUT2D eigenvalue weighted by atomic mass is 10.1. The minimum atomic E-state index is -0.284. The van der Waals surface area contributed by atoms with Crippen LogP contribution < -0.4 is 10.6 Å². The molecule has 0 spiro atoms. The van der Waals surface area contributed by atoms with E-state index in [2.05, 4.69) is 29.6 Å². The van der Waals surface area contributed by atoms with Gasteiger partial charge in [-0.3, -0.25) is 14.3 Å². The Morgan fingerprint density at radius 2 is 1.97 bits per heavy atom. The van der Waals surface area contributed by atoms with Gasteiger partial charge in [-0.2, -0.15) is 5.10 Å². The molecule has 2 N–H and O–H groups in total. The van der Waals surface area contributed by atoms with Crippen LogP contribution in [0.1, 0.15) is 34.2 Å². The highest BCUT2D eigenvalue weighted by Crippen LogP contribution is 2.18. The Hall–Kier alpha value is -2.74. The molecule has 0 unspecified atom stereocenters. The average Bonchev–Trinajstić information content (AvgIpc) is 3.02. The molecule has 1 aliphatic heterocycles. The van der Waals surface area contributed by atoms with Crippen molar-refractivity contribution in [3.8, 4) is 0 Å². The highest BCUT2D eigenvalue weighted by molar-refractivity contribution is 8.02. The number of benzene rings is 1. The molecule has 0 aliphatic carbocycles. The third kappa shape index (κ3) is 5.20. The molecule has 0 saturated heterocycles. The van der Waals surface area contributed by atoms with Gasteiger partial charge in [0.05, 0.1) is 12.3 Å². The highest BCUT2D eigenvalue weighted by Gasteiger charge is 2.15. The van der Waals surface area contributed by atoms with Crippen LogP contribution in [-0.2, 0) is 22.5 Å². The van der Waals surface area contributed by atoms with Crippen molar-refractivity contribution in [3.63, 3.8) is 0 Å². The van der Waals surface area contributed by atoms with E-state index in [-0.39, 0.29) is 11.8 Å². The zero-order chi connectivity index (χ0) is 20.8. The average molecular weight is 415 g/mol. The smallest absolute Gasteiger partial charge is 0.291 e. The van der Waals surface area contributed by atoms with Gasteiger partial charge in [0.2, 0.25) is 0 Å². The fourth-order valence-electron chi connectivity index (χ4n) is 3.19. The van der Waals surface area contributed by atoms with Gasteiger partial charge in [0.1, 0.15) is 0 Å². The number of rotatable bonds is 7. The predicted octanol–water partition coefficient (Wildman–Crippen LogP) is 3.04. The summed E-state index contributed by atoms with van der Waals surface area (Å²) >= 11 is 1.55. The summed E-state index contributed by atoms with van der Waals surface area (Å²) in [6.45, 7) is 8.02. The Morgan fingerprint density at radius 1 is 1.21 bits per heavy atom. The maximum absolute atomic E-state index is 12.4. The predicted molar refractivity (Wildman–Crippen MR) is 115 cm³/mol. The highest BCUT2D eigenvalue weighted by atomic mass is 32.2. The van der Waals surface area contributed by atoms with Gasteiger partial charge in [-0.25, -0.2) is 0 Å². The third-order valence-electron chi connectivity index (χ3n) is 4.77. The number of carbonyl (C=O) groups is 2. The van der Waals surface area contributed by atoms with E-state index in [0.717, 1.165) is 30.1 Å². The van der Waals surface area contributed by atoms with Crippen LogP contribution in [0.2, 0.25) is 0 Å². The standard InChI is InChI=1S/C21H26N4O3S/c1-4-25-15(3)18(14(2)24-25)9-10-22-20(26)16-5-7-17(8-6-16)23-21(27)19-13-29-12-11-28-19/h5-8,13H,4,9-12H2,1-3H3,(H,22,26)(H,23,27). The molecule has 0 bridgehead atoms. The van der Waals surface area contributed by atoms with Gasteiger partial charge in [0.25, 0.3) is 11.8 Å². The summed E-state index contributed by atoms with van der Waals surface area (Å²) in [5.41, 5.74) is 4.50. The first-order valence-corrected chi connectivity index (χ1v) is 10.7. The van der Waals surface area contributed by atoms with Crippen molar-refractivity contribution in [2.75, 3.05) is 24.2 Å². The Balaban J connectivity index is 1.52. The van der Waals surface area contributed by atoms with Crippen molar-refractivity contribution >= 4 is 29.3 Å².